The summed E-state index contributed by atoms with van der Waals surface area (Å²) in [6, 6.07) is 0. The van der Waals surface area contributed by atoms with Crippen molar-refractivity contribution in [3.05, 3.63) is 0 Å². The number of likely N-dealkylation sites (tertiary alicyclic amines) is 1. The average molecular weight is 227 g/mol. The molecule has 1 heterocycles. The molecule has 92 valence electrons. The van der Waals surface area contributed by atoms with Crippen LogP contribution in [0.2, 0.25) is 0 Å². The Morgan fingerprint density at radius 1 is 1.38 bits per heavy atom. The van der Waals surface area contributed by atoms with Gasteiger partial charge in [-0.05, 0) is 31.1 Å². The van der Waals surface area contributed by atoms with Gasteiger partial charge in [0.15, 0.2) is 0 Å². The number of aliphatic hydroxyl groups excluding tert-OH is 1. The van der Waals surface area contributed by atoms with E-state index in [1.165, 1.54) is 12.8 Å². The molecule has 0 aromatic heterocycles. The van der Waals surface area contributed by atoms with Gasteiger partial charge in [0.1, 0.15) is 5.84 Å². The summed E-state index contributed by atoms with van der Waals surface area (Å²) in [4.78, 5) is 2.39. The second kappa shape index (κ2) is 4.59. The monoisotopic (exact) mass is 227 g/mol. The van der Waals surface area contributed by atoms with E-state index in [1.54, 1.807) is 0 Å². The second-order valence-corrected chi connectivity index (χ2v) is 5.28. The summed E-state index contributed by atoms with van der Waals surface area (Å²) in [5.74, 6) is 0.342. The van der Waals surface area contributed by atoms with Crippen molar-refractivity contribution in [2.24, 2.45) is 16.3 Å². The van der Waals surface area contributed by atoms with Crippen molar-refractivity contribution >= 4 is 5.84 Å². The number of amidine groups is 1. The highest BCUT2D eigenvalue weighted by Crippen LogP contribution is 2.49. The Bertz CT molecular complexity index is 268. The largest absolute Gasteiger partial charge is 0.409 e. The first-order valence-electron chi connectivity index (χ1n) is 6.00. The highest BCUT2D eigenvalue weighted by atomic mass is 16.4. The van der Waals surface area contributed by atoms with Crippen LogP contribution in [-0.2, 0) is 0 Å². The quantitative estimate of drug-likeness (QED) is 0.280. The lowest BCUT2D eigenvalue weighted by Gasteiger charge is -2.32. The molecule has 0 aromatic carbocycles. The van der Waals surface area contributed by atoms with Crippen LogP contribution >= 0.6 is 0 Å². The van der Waals surface area contributed by atoms with Gasteiger partial charge in [-0.1, -0.05) is 5.16 Å². The average Bonchev–Trinajstić information content (AvgIpc) is 3.01. The lowest BCUT2D eigenvalue weighted by molar-refractivity contribution is 0.0727. The molecule has 0 atom stereocenters. The van der Waals surface area contributed by atoms with Gasteiger partial charge in [0.2, 0.25) is 0 Å². The molecule has 1 aliphatic heterocycles. The third-order valence-corrected chi connectivity index (χ3v) is 3.76. The van der Waals surface area contributed by atoms with Gasteiger partial charge in [-0.15, -0.1) is 0 Å². The Labute approximate surface area is 95.9 Å². The van der Waals surface area contributed by atoms with Crippen LogP contribution in [0.1, 0.15) is 32.1 Å². The van der Waals surface area contributed by atoms with Gasteiger partial charge in [-0.25, -0.2) is 0 Å². The van der Waals surface area contributed by atoms with Crippen LogP contribution < -0.4 is 5.73 Å². The number of aliphatic hydroxyl groups is 1. The van der Waals surface area contributed by atoms with E-state index in [1.807, 2.05) is 0 Å². The summed E-state index contributed by atoms with van der Waals surface area (Å²) in [5, 5.41) is 21.1. The van der Waals surface area contributed by atoms with E-state index in [4.69, 9.17) is 10.9 Å². The molecule has 16 heavy (non-hydrogen) atoms. The maximum absolute atomic E-state index is 9.43. The van der Waals surface area contributed by atoms with Crippen molar-refractivity contribution in [2.75, 3.05) is 19.6 Å². The Hall–Kier alpha value is -0.810. The molecule has 2 aliphatic rings. The maximum Gasteiger partial charge on any atom is 0.139 e. The Balaban J connectivity index is 1.80. The molecular weight excluding hydrogens is 206 g/mol. The molecule has 0 unspecified atom stereocenters. The topological polar surface area (TPSA) is 82.1 Å². The van der Waals surface area contributed by atoms with E-state index >= 15 is 0 Å². The lowest BCUT2D eigenvalue weighted by atomic mass is 9.99. The summed E-state index contributed by atoms with van der Waals surface area (Å²) in [6.07, 6.45) is 4.67. The smallest absolute Gasteiger partial charge is 0.139 e. The standard InChI is InChI=1S/C11H21N3O2/c12-10(13-16)7-11(3-4-11)8-14-5-1-9(15)2-6-14/h9,15-16H,1-8H2,(H2,12,13). The van der Waals surface area contributed by atoms with Crippen LogP contribution in [0.15, 0.2) is 5.16 Å². The minimum Gasteiger partial charge on any atom is -0.409 e. The van der Waals surface area contributed by atoms with E-state index in [9.17, 15) is 5.11 Å². The zero-order chi connectivity index (χ0) is 11.6. The van der Waals surface area contributed by atoms with Crippen molar-refractivity contribution in [1.82, 2.24) is 4.90 Å². The van der Waals surface area contributed by atoms with E-state index in [2.05, 4.69) is 10.1 Å². The number of hydrogen-bond donors (Lipinski definition) is 3. The van der Waals surface area contributed by atoms with Gasteiger partial charge >= 0.3 is 0 Å². The summed E-state index contributed by atoms with van der Waals surface area (Å²) >= 11 is 0. The molecule has 0 radical (unpaired) electrons. The van der Waals surface area contributed by atoms with Crippen LogP contribution in [-0.4, -0.2) is 46.8 Å². The van der Waals surface area contributed by atoms with Crippen LogP contribution in [0.3, 0.4) is 0 Å². The molecule has 1 saturated heterocycles. The third kappa shape index (κ3) is 2.86. The molecule has 0 aromatic rings. The highest BCUT2D eigenvalue weighted by molar-refractivity contribution is 5.80. The maximum atomic E-state index is 9.43. The van der Waals surface area contributed by atoms with Crippen molar-refractivity contribution in [1.29, 1.82) is 0 Å². The fourth-order valence-electron chi connectivity index (χ4n) is 2.54. The molecule has 5 heteroatoms. The molecule has 2 fully saturated rings. The lowest BCUT2D eigenvalue weighted by Crippen LogP contribution is -2.40. The summed E-state index contributed by atoms with van der Waals surface area (Å²) < 4.78 is 0. The number of piperidine rings is 1. The summed E-state index contributed by atoms with van der Waals surface area (Å²) in [5.41, 5.74) is 5.82. The summed E-state index contributed by atoms with van der Waals surface area (Å²) in [6.45, 7) is 2.97. The predicted octanol–water partition coefficient (Wildman–Crippen LogP) is 0.360. The minimum atomic E-state index is -0.115. The normalized spacial score (nSPS) is 26.9. The summed E-state index contributed by atoms with van der Waals surface area (Å²) in [7, 11) is 0. The molecule has 0 amide bonds. The number of rotatable bonds is 4. The van der Waals surface area contributed by atoms with Crippen molar-refractivity contribution in [2.45, 2.75) is 38.2 Å². The first-order valence-corrected chi connectivity index (χ1v) is 6.00. The molecule has 1 aliphatic carbocycles. The predicted molar refractivity (Wildman–Crippen MR) is 61.4 cm³/mol. The Morgan fingerprint density at radius 3 is 2.50 bits per heavy atom. The van der Waals surface area contributed by atoms with E-state index < -0.39 is 0 Å². The van der Waals surface area contributed by atoms with Crippen LogP contribution in [0.5, 0.6) is 0 Å². The molecule has 1 saturated carbocycles. The molecule has 0 bridgehead atoms. The van der Waals surface area contributed by atoms with Crippen LogP contribution in [0.25, 0.3) is 0 Å². The Morgan fingerprint density at radius 2 is 2.00 bits per heavy atom. The molecule has 5 nitrogen and oxygen atoms in total. The van der Waals surface area contributed by atoms with E-state index in [-0.39, 0.29) is 11.5 Å². The Kier molecular flexibility index (Phi) is 3.35. The van der Waals surface area contributed by atoms with Gasteiger partial charge in [-0.2, -0.15) is 0 Å². The zero-order valence-electron chi connectivity index (χ0n) is 9.60. The van der Waals surface area contributed by atoms with E-state index in [0.29, 0.717) is 12.3 Å². The van der Waals surface area contributed by atoms with Crippen LogP contribution in [0.4, 0.5) is 0 Å². The molecule has 4 N–H and O–H groups in total. The van der Waals surface area contributed by atoms with Gasteiger partial charge < -0.3 is 20.9 Å². The van der Waals surface area contributed by atoms with Gasteiger partial charge in [0.05, 0.1) is 6.10 Å². The van der Waals surface area contributed by atoms with Crippen LogP contribution in [0, 0.1) is 5.41 Å². The number of oxime groups is 1. The van der Waals surface area contributed by atoms with Gasteiger partial charge in [-0.3, -0.25) is 0 Å². The van der Waals surface area contributed by atoms with Crippen molar-refractivity contribution in [3.8, 4) is 0 Å². The first-order chi connectivity index (χ1) is 7.63. The van der Waals surface area contributed by atoms with E-state index in [0.717, 1.165) is 32.5 Å². The fourth-order valence-corrected chi connectivity index (χ4v) is 2.54. The van der Waals surface area contributed by atoms with Crippen molar-refractivity contribution in [3.63, 3.8) is 0 Å². The van der Waals surface area contributed by atoms with Gasteiger partial charge in [0.25, 0.3) is 0 Å². The molecular formula is C11H21N3O2. The molecule has 2 rings (SSSR count). The highest BCUT2D eigenvalue weighted by Gasteiger charge is 2.44. The minimum absolute atomic E-state index is 0.115. The SMILES string of the molecule is NC(CC1(CN2CCC(O)CC2)CC1)=NO. The number of nitrogens with two attached hydrogens (primary N) is 1. The second-order valence-electron chi connectivity index (χ2n) is 5.28. The first kappa shape index (κ1) is 11.7. The van der Waals surface area contributed by atoms with Crippen molar-refractivity contribution < 1.29 is 10.3 Å². The number of hydrogen-bond acceptors (Lipinski definition) is 4. The number of nitrogens with zero attached hydrogens (tertiary/aromatic N) is 2. The third-order valence-electron chi connectivity index (χ3n) is 3.76. The zero-order valence-corrected chi connectivity index (χ0v) is 9.60. The molecule has 0 spiro atoms. The fraction of sp³-hybridized carbons (Fsp3) is 0.909. The van der Waals surface area contributed by atoms with Gasteiger partial charge in [0, 0.05) is 26.1 Å².